The first-order chi connectivity index (χ1) is 12.5. The van der Waals surface area contributed by atoms with Crippen LogP contribution in [-0.2, 0) is 0 Å². The third-order valence-corrected chi connectivity index (χ3v) is 4.38. The Morgan fingerprint density at radius 2 is 1.85 bits per heavy atom. The average Bonchev–Trinajstić information content (AvgIpc) is 3.07. The Balaban J connectivity index is 1.70. The summed E-state index contributed by atoms with van der Waals surface area (Å²) in [6, 6.07) is 10.0. The number of aromatic amines is 1. The first-order valence-corrected chi connectivity index (χ1v) is 8.90. The van der Waals surface area contributed by atoms with E-state index < -0.39 is 0 Å². The summed E-state index contributed by atoms with van der Waals surface area (Å²) >= 11 is 1.45. The summed E-state index contributed by atoms with van der Waals surface area (Å²) in [6.07, 6.45) is 3.87. The van der Waals surface area contributed by atoms with Crippen LogP contribution in [0.1, 0.15) is 29.4 Å². The van der Waals surface area contributed by atoms with Gasteiger partial charge in [0.1, 0.15) is 11.6 Å². The zero-order valence-electron chi connectivity index (χ0n) is 14.8. The summed E-state index contributed by atoms with van der Waals surface area (Å²) in [4.78, 5) is 19.0. The molecule has 8 nitrogen and oxygen atoms in total. The summed E-state index contributed by atoms with van der Waals surface area (Å²) in [6.45, 7) is 1.98. The van der Waals surface area contributed by atoms with Crippen LogP contribution in [0.2, 0.25) is 0 Å². The maximum Gasteiger partial charge on any atom is 0.229 e. The van der Waals surface area contributed by atoms with E-state index in [0.29, 0.717) is 22.8 Å². The van der Waals surface area contributed by atoms with Crippen molar-refractivity contribution in [2.45, 2.75) is 17.3 Å². The molecule has 1 aromatic carbocycles. The minimum atomic E-state index is -0.0687. The SMILES string of the molecule is CC(Sc1n[nH]c(/C=C/c2ccccc2)n1)c1nc(N)nc(N(C)C)n1. The van der Waals surface area contributed by atoms with E-state index in [1.807, 2.05) is 63.5 Å². The van der Waals surface area contributed by atoms with Crippen LogP contribution >= 0.6 is 11.8 Å². The van der Waals surface area contributed by atoms with Crippen LogP contribution in [-0.4, -0.2) is 44.2 Å². The highest BCUT2D eigenvalue weighted by Gasteiger charge is 2.16. The Morgan fingerprint density at radius 3 is 2.58 bits per heavy atom. The zero-order chi connectivity index (χ0) is 18.5. The molecule has 3 rings (SSSR count). The lowest BCUT2D eigenvalue weighted by Gasteiger charge is -2.13. The molecule has 2 heterocycles. The molecule has 0 radical (unpaired) electrons. The predicted molar refractivity (Wildman–Crippen MR) is 105 cm³/mol. The van der Waals surface area contributed by atoms with E-state index in [0.717, 1.165) is 5.56 Å². The molecule has 0 aliphatic rings. The second-order valence-electron chi connectivity index (χ2n) is 5.75. The maximum absolute atomic E-state index is 5.78. The quantitative estimate of drug-likeness (QED) is 0.639. The van der Waals surface area contributed by atoms with E-state index >= 15 is 0 Å². The number of nitrogens with zero attached hydrogens (tertiary/aromatic N) is 6. The van der Waals surface area contributed by atoms with Crippen LogP contribution in [0.5, 0.6) is 0 Å². The summed E-state index contributed by atoms with van der Waals surface area (Å²) in [5, 5.41) is 7.71. The lowest BCUT2D eigenvalue weighted by molar-refractivity contribution is 0.858. The van der Waals surface area contributed by atoms with Gasteiger partial charge in [-0.15, -0.1) is 5.10 Å². The molecular weight excluding hydrogens is 348 g/mol. The van der Waals surface area contributed by atoms with Gasteiger partial charge in [0, 0.05) is 14.1 Å². The number of aromatic nitrogens is 6. The number of anilines is 2. The normalized spacial score (nSPS) is 12.4. The summed E-state index contributed by atoms with van der Waals surface area (Å²) in [5.41, 5.74) is 6.88. The number of rotatable bonds is 6. The van der Waals surface area contributed by atoms with E-state index in [2.05, 4.69) is 30.1 Å². The molecule has 1 unspecified atom stereocenters. The number of H-pyrrole nitrogens is 1. The second kappa shape index (κ2) is 7.96. The number of nitrogens with two attached hydrogens (primary N) is 1. The monoisotopic (exact) mass is 368 g/mol. The molecule has 3 N–H and O–H groups in total. The fraction of sp³-hybridized carbons (Fsp3) is 0.235. The van der Waals surface area contributed by atoms with Gasteiger partial charge in [0.25, 0.3) is 0 Å². The molecule has 26 heavy (non-hydrogen) atoms. The molecule has 0 saturated carbocycles. The van der Waals surface area contributed by atoms with Gasteiger partial charge in [-0.2, -0.15) is 15.0 Å². The van der Waals surface area contributed by atoms with Crippen molar-refractivity contribution in [2.24, 2.45) is 0 Å². The Morgan fingerprint density at radius 1 is 1.08 bits per heavy atom. The number of nitrogens with one attached hydrogen (secondary N) is 1. The molecule has 0 fully saturated rings. The van der Waals surface area contributed by atoms with Crippen LogP contribution in [0.3, 0.4) is 0 Å². The lowest BCUT2D eigenvalue weighted by Crippen LogP contribution is -2.16. The molecule has 2 aromatic heterocycles. The summed E-state index contributed by atoms with van der Waals surface area (Å²) in [7, 11) is 3.72. The van der Waals surface area contributed by atoms with Gasteiger partial charge in [0.15, 0.2) is 0 Å². The molecule has 3 aromatic rings. The zero-order valence-corrected chi connectivity index (χ0v) is 15.6. The molecule has 1 atom stereocenters. The van der Waals surface area contributed by atoms with Crippen LogP contribution < -0.4 is 10.6 Å². The Kier molecular flexibility index (Phi) is 5.47. The van der Waals surface area contributed by atoms with Crippen LogP contribution in [0.25, 0.3) is 12.2 Å². The Hall–Kier alpha value is -2.94. The van der Waals surface area contributed by atoms with Crippen molar-refractivity contribution in [2.75, 3.05) is 24.7 Å². The molecule has 0 bridgehead atoms. The van der Waals surface area contributed by atoms with Crippen molar-refractivity contribution in [1.29, 1.82) is 0 Å². The third kappa shape index (κ3) is 4.57. The molecule has 0 saturated heterocycles. The van der Waals surface area contributed by atoms with E-state index in [4.69, 9.17) is 5.73 Å². The van der Waals surface area contributed by atoms with Gasteiger partial charge in [-0.05, 0) is 18.6 Å². The van der Waals surface area contributed by atoms with Crippen molar-refractivity contribution in [3.8, 4) is 0 Å². The fourth-order valence-electron chi connectivity index (χ4n) is 2.11. The molecule has 0 aliphatic heterocycles. The van der Waals surface area contributed by atoms with E-state index in [1.165, 1.54) is 11.8 Å². The van der Waals surface area contributed by atoms with Crippen molar-refractivity contribution in [1.82, 2.24) is 30.1 Å². The standard InChI is InChI=1S/C17H20N8S/c1-11(14-20-15(18)22-16(21-14)25(2)3)26-17-19-13(23-24-17)10-9-12-7-5-4-6-8-12/h4-11H,1-3H3,(H,19,23,24)(H2,18,20,21,22)/b10-9+. The van der Waals surface area contributed by atoms with E-state index in [9.17, 15) is 0 Å². The van der Waals surface area contributed by atoms with Crippen molar-refractivity contribution >= 4 is 35.8 Å². The maximum atomic E-state index is 5.78. The van der Waals surface area contributed by atoms with Crippen molar-refractivity contribution in [3.05, 3.63) is 47.5 Å². The molecule has 0 aliphatic carbocycles. The summed E-state index contributed by atoms with van der Waals surface area (Å²) in [5.74, 6) is 2.01. The highest BCUT2D eigenvalue weighted by Crippen LogP contribution is 2.31. The Bertz CT molecular complexity index is 891. The fourth-order valence-corrected chi connectivity index (χ4v) is 2.89. The minimum absolute atomic E-state index is 0.0687. The first kappa shape index (κ1) is 17.9. The van der Waals surface area contributed by atoms with Gasteiger partial charge < -0.3 is 10.6 Å². The van der Waals surface area contributed by atoms with Crippen LogP contribution in [0.15, 0.2) is 35.5 Å². The first-order valence-electron chi connectivity index (χ1n) is 8.02. The van der Waals surface area contributed by atoms with Gasteiger partial charge in [0.2, 0.25) is 17.1 Å². The van der Waals surface area contributed by atoms with Gasteiger partial charge in [-0.1, -0.05) is 48.2 Å². The summed E-state index contributed by atoms with van der Waals surface area (Å²) < 4.78 is 0. The number of hydrogen-bond acceptors (Lipinski definition) is 8. The van der Waals surface area contributed by atoms with Gasteiger partial charge in [-0.25, -0.2) is 4.98 Å². The second-order valence-corrected chi connectivity index (χ2v) is 7.06. The van der Waals surface area contributed by atoms with Crippen molar-refractivity contribution in [3.63, 3.8) is 0 Å². The number of hydrogen-bond donors (Lipinski definition) is 2. The molecule has 0 amide bonds. The van der Waals surface area contributed by atoms with Gasteiger partial charge in [0.05, 0.1) is 5.25 Å². The van der Waals surface area contributed by atoms with Gasteiger partial charge >= 0.3 is 0 Å². The number of nitrogen functional groups attached to an aromatic ring is 1. The lowest BCUT2D eigenvalue weighted by atomic mass is 10.2. The number of thioether (sulfide) groups is 1. The molecule has 0 spiro atoms. The number of benzene rings is 1. The predicted octanol–water partition coefficient (Wildman–Crippen LogP) is 2.66. The van der Waals surface area contributed by atoms with Gasteiger partial charge in [-0.3, -0.25) is 5.10 Å². The van der Waals surface area contributed by atoms with E-state index in [-0.39, 0.29) is 11.2 Å². The smallest absolute Gasteiger partial charge is 0.229 e. The van der Waals surface area contributed by atoms with Crippen LogP contribution in [0, 0.1) is 0 Å². The molecule has 134 valence electrons. The van der Waals surface area contributed by atoms with E-state index in [1.54, 1.807) is 4.90 Å². The highest BCUT2D eigenvalue weighted by atomic mass is 32.2. The average molecular weight is 368 g/mol. The third-order valence-electron chi connectivity index (χ3n) is 3.42. The minimum Gasteiger partial charge on any atom is -0.368 e. The topological polar surface area (TPSA) is 110 Å². The van der Waals surface area contributed by atoms with Crippen molar-refractivity contribution < 1.29 is 0 Å². The largest absolute Gasteiger partial charge is 0.368 e. The molecule has 9 heteroatoms. The Labute approximate surface area is 156 Å². The van der Waals surface area contributed by atoms with Crippen LogP contribution in [0.4, 0.5) is 11.9 Å². The molecular formula is C17H20N8S. The highest BCUT2D eigenvalue weighted by molar-refractivity contribution is 7.99.